The van der Waals surface area contributed by atoms with Gasteiger partial charge in [-0.3, -0.25) is 4.72 Å². The van der Waals surface area contributed by atoms with Crippen LogP contribution in [-0.2, 0) is 10.0 Å². The molecule has 0 saturated heterocycles. The Labute approximate surface area is 139 Å². The van der Waals surface area contributed by atoms with Crippen LogP contribution in [0.3, 0.4) is 0 Å². The number of hydrogen-bond donors (Lipinski definition) is 4. The average molecular weight is 354 g/mol. The van der Waals surface area contributed by atoms with E-state index in [0.717, 1.165) is 0 Å². The second-order valence-corrected chi connectivity index (χ2v) is 6.48. The number of hydrogen-bond acceptors (Lipinski definition) is 8. The van der Waals surface area contributed by atoms with E-state index in [2.05, 4.69) is 20.0 Å². The van der Waals surface area contributed by atoms with Crippen molar-refractivity contribution in [2.75, 3.05) is 30.3 Å². The van der Waals surface area contributed by atoms with Crippen molar-refractivity contribution in [2.45, 2.75) is 11.0 Å². The third kappa shape index (κ3) is 4.78. The van der Waals surface area contributed by atoms with E-state index >= 15 is 0 Å². The zero-order valence-electron chi connectivity index (χ0n) is 12.9. The molecule has 1 atom stereocenters. The van der Waals surface area contributed by atoms with Crippen molar-refractivity contribution in [1.82, 2.24) is 9.97 Å². The van der Waals surface area contributed by atoms with E-state index < -0.39 is 16.1 Å². The molecule has 4 N–H and O–H groups in total. The molecule has 0 bridgehead atoms. The molecule has 2 rings (SSSR count). The van der Waals surface area contributed by atoms with Gasteiger partial charge in [0.05, 0.1) is 24.7 Å². The first-order valence-corrected chi connectivity index (χ1v) is 8.44. The summed E-state index contributed by atoms with van der Waals surface area (Å²) >= 11 is 0. The molecular formula is C14H18N4O5S. The maximum absolute atomic E-state index is 12.3. The number of sulfonamides is 1. The largest absolute Gasteiger partial charge is 0.481 e. The third-order valence-corrected chi connectivity index (χ3v) is 4.38. The number of benzene rings is 1. The molecule has 130 valence electrons. The molecule has 10 heteroatoms. The minimum absolute atomic E-state index is 0.0494. The standard InChI is InChI=1S/C14H18N4O5S/c1-23-14-6-13(16-9-17-14)18-24(21,22)12-4-2-10(3-5-12)15-7-11(20)8-19/h2-6,9,11,15,19-20H,7-8H2,1H3,(H,16,17,18). The van der Waals surface area contributed by atoms with Gasteiger partial charge in [-0.15, -0.1) is 0 Å². The van der Waals surface area contributed by atoms with Gasteiger partial charge in [0.2, 0.25) is 5.88 Å². The van der Waals surface area contributed by atoms with E-state index in [9.17, 15) is 13.5 Å². The quantitative estimate of drug-likeness (QED) is 0.522. The summed E-state index contributed by atoms with van der Waals surface area (Å²) in [6.45, 7) is -0.201. The van der Waals surface area contributed by atoms with Crippen molar-refractivity contribution < 1.29 is 23.4 Å². The van der Waals surface area contributed by atoms with Gasteiger partial charge in [0.1, 0.15) is 12.1 Å². The Morgan fingerprint density at radius 3 is 2.58 bits per heavy atom. The zero-order chi connectivity index (χ0) is 17.6. The topological polar surface area (TPSA) is 134 Å². The number of aliphatic hydroxyl groups is 2. The molecular weight excluding hydrogens is 336 g/mol. The Morgan fingerprint density at radius 1 is 1.25 bits per heavy atom. The first-order chi connectivity index (χ1) is 11.4. The smallest absolute Gasteiger partial charge is 0.263 e. The molecule has 0 saturated carbocycles. The summed E-state index contributed by atoms with van der Waals surface area (Å²) in [6, 6.07) is 7.30. The maximum atomic E-state index is 12.3. The number of aliphatic hydroxyl groups excluding tert-OH is 2. The van der Waals surface area contributed by atoms with Gasteiger partial charge in [-0.1, -0.05) is 0 Å². The molecule has 0 aliphatic rings. The van der Waals surface area contributed by atoms with Gasteiger partial charge in [-0.2, -0.15) is 0 Å². The molecule has 0 radical (unpaired) electrons. The van der Waals surface area contributed by atoms with E-state index in [1.54, 1.807) is 12.1 Å². The van der Waals surface area contributed by atoms with Crippen molar-refractivity contribution >= 4 is 21.5 Å². The first-order valence-electron chi connectivity index (χ1n) is 6.96. The first kappa shape index (κ1) is 17.9. The van der Waals surface area contributed by atoms with Crippen LogP contribution in [0.5, 0.6) is 5.88 Å². The molecule has 1 aromatic carbocycles. The molecule has 2 aromatic rings. The van der Waals surface area contributed by atoms with Crippen molar-refractivity contribution in [3.05, 3.63) is 36.7 Å². The summed E-state index contributed by atoms with van der Waals surface area (Å²) < 4.78 is 31.9. The number of rotatable bonds is 8. The van der Waals surface area contributed by atoms with Crippen LogP contribution in [0.25, 0.3) is 0 Å². The Morgan fingerprint density at radius 2 is 1.96 bits per heavy atom. The normalized spacial score (nSPS) is 12.5. The molecule has 0 amide bonds. The summed E-state index contributed by atoms with van der Waals surface area (Å²) in [5.74, 6) is 0.333. The number of aromatic nitrogens is 2. The monoisotopic (exact) mass is 354 g/mol. The van der Waals surface area contributed by atoms with E-state index in [-0.39, 0.29) is 29.7 Å². The molecule has 0 aliphatic heterocycles. The second-order valence-electron chi connectivity index (χ2n) is 4.79. The predicted octanol–water partition coefficient (Wildman–Crippen LogP) is 0.0511. The molecule has 0 spiro atoms. The highest BCUT2D eigenvalue weighted by Crippen LogP contribution is 2.18. The molecule has 0 aliphatic carbocycles. The van der Waals surface area contributed by atoms with Crippen LogP contribution in [0.15, 0.2) is 41.6 Å². The summed E-state index contributed by atoms with van der Waals surface area (Å²) in [6.07, 6.45) is 0.304. The van der Waals surface area contributed by atoms with Crippen LogP contribution in [0.4, 0.5) is 11.5 Å². The zero-order valence-corrected chi connectivity index (χ0v) is 13.7. The average Bonchev–Trinajstić information content (AvgIpc) is 2.59. The van der Waals surface area contributed by atoms with Crippen LogP contribution in [-0.4, -0.2) is 55.0 Å². The van der Waals surface area contributed by atoms with E-state index in [0.29, 0.717) is 5.69 Å². The van der Waals surface area contributed by atoms with Gasteiger partial charge < -0.3 is 20.3 Å². The highest BCUT2D eigenvalue weighted by atomic mass is 32.2. The van der Waals surface area contributed by atoms with Gasteiger partial charge in [-0.25, -0.2) is 18.4 Å². The summed E-state index contributed by atoms with van der Waals surface area (Å²) in [4.78, 5) is 7.68. The Hall–Kier alpha value is -2.43. The van der Waals surface area contributed by atoms with Gasteiger partial charge in [-0.05, 0) is 24.3 Å². The van der Waals surface area contributed by atoms with Gasteiger partial charge >= 0.3 is 0 Å². The summed E-state index contributed by atoms with van der Waals surface area (Å²) in [5, 5.41) is 20.9. The Bertz CT molecular complexity index is 767. The highest BCUT2D eigenvalue weighted by Gasteiger charge is 2.15. The lowest BCUT2D eigenvalue weighted by atomic mass is 10.3. The van der Waals surface area contributed by atoms with Crippen LogP contribution in [0.1, 0.15) is 0 Å². The molecule has 0 fully saturated rings. The highest BCUT2D eigenvalue weighted by molar-refractivity contribution is 7.92. The van der Waals surface area contributed by atoms with Crippen molar-refractivity contribution in [2.24, 2.45) is 0 Å². The van der Waals surface area contributed by atoms with E-state index in [1.807, 2.05) is 0 Å². The molecule has 1 aromatic heterocycles. The van der Waals surface area contributed by atoms with Gasteiger partial charge in [0, 0.05) is 18.3 Å². The molecule has 9 nitrogen and oxygen atoms in total. The fourth-order valence-corrected chi connectivity index (χ4v) is 2.75. The number of nitrogens with zero attached hydrogens (tertiary/aromatic N) is 2. The van der Waals surface area contributed by atoms with Gasteiger partial charge in [0.25, 0.3) is 10.0 Å². The summed E-state index contributed by atoms with van der Waals surface area (Å²) in [5.41, 5.74) is 0.616. The predicted molar refractivity (Wildman–Crippen MR) is 87.4 cm³/mol. The van der Waals surface area contributed by atoms with E-state index in [1.165, 1.54) is 31.6 Å². The summed E-state index contributed by atoms with van der Waals surface area (Å²) in [7, 11) is -2.39. The van der Waals surface area contributed by atoms with Crippen LogP contribution in [0, 0.1) is 0 Å². The fourth-order valence-electron chi connectivity index (χ4n) is 1.76. The van der Waals surface area contributed by atoms with Crippen LogP contribution >= 0.6 is 0 Å². The van der Waals surface area contributed by atoms with Crippen molar-refractivity contribution in [1.29, 1.82) is 0 Å². The second kappa shape index (κ2) is 7.90. The third-order valence-electron chi connectivity index (χ3n) is 3.01. The van der Waals surface area contributed by atoms with Crippen LogP contribution in [0.2, 0.25) is 0 Å². The van der Waals surface area contributed by atoms with E-state index in [4.69, 9.17) is 9.84 Å². The SMILES string of the molecule is COc1cc(NS(=O)(=O)c2ccc(NCC(O)CO)cc2)ncn1. The van der Waals surface area contributed by atoms with Crippen LogP contribution < -0.4 is 14.8 Å². The minimum atomic E-state index is -3.80. The number of ether oxygens (including phenoxy) is 1. The minimum Gasteiger partial charge on any atom is -0.481 e. The van der Waals surface area contributed by atoms with Crippen molar-refractivity contribution in [3.8, 4) is 5.88 Å². The molecule has 1 unspecified atom stereocenters. The Balaban J connectivity index is 2.08. The fraction of sp³-hybridized carbons (Fsp3) is 0.286. The number of anilines is 2. The number of nitrogens with one attached hydrogen (secondary N) is 2. The molecule has 24 heavy (non-hydrogen) atoms. The lowest BCUT2D eigenvalue weighted by Gasteiger charge is -2.11. The van der Waals surface area contributed by atoms with Crippen molar-refractivity contribution in [3.63, 3.8) is 0 Å². The Kier molecular flexibility index (Phi) is 5.90. The lowest BCUT2D eigenvalue weighted by molar-refractivity contribution is 0.105. The van der Waals surface area contributed by atoms with Gasteiger partial charge in [0.15, 0.2) is 0 Å². The lowest BCUT2D eigenvalue weighted by Crippen LogP contribution is -2.22. The number of methoxy groups -OCH3 is 1. The molecule has 1 heterocycles. The maximum Gasteiger partial charge on any atom is 0.263 e.